The second-order valence-corrected chi connectivity index (χ2v) is 10.7. The van der Waals surface area contributed by atoms with Crippen molar-refractivity contribution in [3.05, 3.63) is 90.3 Å². The highest BCUT2D eigenvalue weighted by Crippen LogP contribution is 2.21. The van der Waals surface area contributed by atoms with E-state index in [1.165, 1.54) is 12.5 Å². The number of benzene rings is 2. The SMILES string of the molecule is NC(CO)C(=O)NC(Cc1cnc[nH]1)C(=O)NC(Cc1c[nH]c2ccccc12)C(=O)NC(Cc1c[nH]c2ccccc12)C(=O)O. The first-order valence-corrected chi connectivity index (χ1v) is 14.3. The number of aliphatic hydroxyl groups excluding tert-OH is 1. The van der Waals surface area contributed by atoms with Crippen molar-refractivity contribution in [1.82, 2.24) is 35.9 Å². The van der Waals surface area contributed by atoms with Crippen LogP contribution in [-0.2, 0) is 38.4 Å². The van der Waals surface area contributed by atoms with E-state index in [9.17, 15) is 29.4 Å². The first-order chi connectivity index (χ1) is 21.7. The fourth-order valence-electron chi connectivity index (χ4n) is 5.18. The predicted molar refractivity (Wildman–Crippen MR) is 165 cm³/mol. The zero-order valence-corrected chi connectivity index (χ0v) is 24.1. The van der Waals surface area contributed by atoms with Crippen LogP contribution >= 0.6 is 0 Å². The largest absolute Gasteiger partial charge is 0.480 e. The number of nitrogens with one attached hydrogen (secondary N) is 6. The van der Waals surface area contributed by atoms with Crippen molar-refractivity contribution in [2.75, 3.05) is 6.61 Å². The van der Waals surface area contributed by atoms with Gasteiger partial charge in [-0.05, 0) is 23.3 Å². The van der Waals surface area contributed by atoms with Gasteiger partial charge in [-0.15, -0.1) is 0 Å². The summed E-state index contributed by atoms with van der Waals surface area (Å²) in [7, 11) is 0. The molecule has 3 aromatic heterocycles. The van der Waals surface area contributed by atoms with E-state index in [1.807, 2.05) is 48.5 Å². The van der Waals surface area contributed by atoms with E-state index in [-0.39, 0.29) is 19.3 Å². The van der Waals surface area contributed by atoms with Crippen molar-refractivity contribution in [2.24, 2.45) is 5.73 Å². The van der Waals surface area contributed by atoms with Gasteiger partial charge >= 0.3 is 5.97 Å². The van der Waals surface area contributed by atoms with Crippen LogP contribution in [0.2, 0.25) is 0 Å². The Kier molecular flexibility index (Phi) is 9.55. The number of hydrogen-bond donors (Lipinski definition) is 9. The molecular formula is C31H34N8O6. The number of para-hydroxylation sites is 2. The molecule has 0 fully saturated rings. The van der Waals surface area contributed by atoms with Crippen LogP contribution < -0.4 is 21.7 Å². The van der Waals surface area contributed by atoms with Gasteiger partial charge in [0.1, 0.15) is 24.2 Å². The number of aromatic nitrogens is 4. The maximum atomic E-state index is 13.8. The number of aliphatic hydroxyl groups is 1. The molecule has 4 atom stereocenters. The molecule has 14 heteroatoms. The number of nitrogens with zero attached hydrogens (tertiary/aromatic N) is 1. The van der Waals surface area contributed by atoms with E-state index in [0.717, 1.165) is 21.8 Å². The Morgan fingerprint density at radius 2 is 1.24 bits per heavy atom. The van der Waals surface area contributed by atoms with Gasteiger partial charge in [-0.25, -0.2) is 9.78 Å². The number of carbonyl (C=O) groups is 4. The number of nitrogens with two attached hydrogens (primary N) is 1. The second-order valence-electron chi connectivity index (χ2n) is 10.7. The molecule has 0 saturated carbocycles. The molecule has 3 amide bonds. The normalized spacial score (nSPS) is 14.0. The summed E-state index contributed by atoms with van der Waals surface area (Å²) < 4.78 is 0. The monoisotopic (exact) mass is 614 g/mol. The van der Waals surface area contributed by atoms with E-state index in [2.05, 4.69) is 35.9 Å². The number of hydrogen-bond acceptors (Lipinski definition) is 7. The summed E-state index contributed by atoms with van der Waals surface area (Å²) in [6.07, 6.45) is 6.32. The van der Waals surface area contributed by atoms with E-state index >= 15 is 0 Å². The molecule has 0 aliphatic carbocycles. The molecule has 0 aliphatic rings. The van der Waals surface area contributed by atoms with E-state index in [1.54, 1.807) is 12.4 Å². The summed E-state index contributed by atoms with van der Waals surface area (Å²) in [5, 5.41) is 28.9. The minimum Gasteiger partial charge on any atom is -0.480 e. The van der Waals surface area contributed by atoms with Crippen LogP contribution in [0.1, 0.15) is 16.8 Å². The first kappa shape index (κ1) is 31.0. The smallest absolute Gasteiger partial charge is 0.326 e. The topological polar surface area (TPSA) is 231 Å². The lowest BCUT2D eigenvalue weighted by Gasteiger charge is -2.25. The molecule has 14 nitrogen and oxygen atoms in total. The number of rotatable bonds is 14. The average molecular weight is 615 g/mol. The highest BCUT2D eigenvalue weighted by atomic mass is 16.4. The van der Waals surface area contributed by atoms with Gasteiger partial charge in [0.15, 0.2) is 0 Å². The maximum Gasteiger partial charge on any atom is 0.326 e. The summed E-state index contributed by atoms with van der Waals surface area (Å²) in [5.41, 5.74) is 9.26. The van der Waals surface area contributed by atoms with Crippen LogP contribution in [-0.4, -0.2) is 84.6 Å². The number of carbonyl (C=O) groups excluding carboxylic acids is 3. The van der Waals surface area contributed by atoms with Gasteiger partial charge < -0.3 is 46.8 Å². The van der Waals surface area contributed by atoms with Crippen molar-refractivity contribution in [2.45, 2.75) is 43.4 Å². The zero-order chi connectivity index (χ0) is 31.9. The molecule has 0 spiro atoms. The van der Waals surface area contributed by atoms with Gasteiger partial charge in [0.2, 0.25) is 17.7 Å². The fraction of sp³-hybridized carbons (Fsp3) is 0.258. The van der Waals surface area contributed by atoms with Crippen LogP contribution in [0.15, 0.2) is 73.4 Å². The van der Waals surface area contributed by atoms with Gasteiger partial charge in [0, 0.05) is 65.4 Å². The maximum absolute atomic E-state index is 13.8. The molecule has 0 aliphatic heterocycles. The van der Waals surface area contributed by atoms with Crippen LogP contribution in [0, 0.1) is 0 Å². The van der Waals surface area contributed by atoms with Gasteiger partial charge in [0.25, 0.3) is 0 Å². The number of H-pyrrole nitrogens is 3. The summed E-state index contributed by atoms with van der Waals surface area (Å²) in [6.45, 7) is -0.636. The van der Waals surface area contributed by atoms with Crippen molar-refractivity contribution in [1.29, 1.82) is 0 Å². The number of imidazole rings is 1. The molecule has 10 N–H and O–H groups in total. The summed E-state index contributed by atoms with van der Waals surface area (Å²) in [5.74, 6) is -3.45. The molecule has 234 valence electrons. The van der Waals surface area contributed by atoms with Crippen molar-refractivity contribution in [3.8, 4) is 0 Å². The Morgan fingerprint density at radius 1 is 0.733 bits per heavy atom. The molecule has 45 heavy (non-hydrogen) atoms. The minimum absolute atomic E-state index is 0.00358. The van der Waals surface area contributed by atoms with E-state index in [0.29, 0.717) is 16.8 Å². The minimum atomic E-state index is -1.30. The Balaban J connectivity index is 1.40. The molecule has 4 unspecified atom stereocenters. The molecule has 3 heterocycles. The van der Waals surface area contributed by atoms with Gasteiger partial charge in [-0.2, -0.15) is 0 Å². The number of aromatic amines is 3. The molecule has 5 aromatic rings. The number of carboxylic acid groups (broad SMARTS) is 1. The molecule has 0 radical (unpaired) electrons. The summed E-state index contributed by atoms with van der Waals surface area (Å²) in [4.78, 5) is 65.4. The van der Waals surface area contributed by atoms with Gasteiger partial charge in [-0.1, -0.05) is 36.4 Å². The standard InChI is InChI=1S/C31H34N8O6/c32-22(15-40)28(41)37-26(11-19-14-33-16-36-19)30(43)38-25(9-17-12-34-23-7-3-1-5-20(17)23)29(42)39-27(31(44)45)10-18-13-35-24-8-4-2-6-21(18)24/h1-8,12-14,16,22,25-27,34-35,40H,9-11,15,32H2,(H,33,36)(H,37,41)(H,38,43)(H,39,42)(H,44,45). The Bertz CT molecular complexity index is 1800. The third-order valence-corrected chi connectivity index (χ3v) is 7.59. The Labute approximate surface area is 256 Å². The van der Waals surface area contributed by atoms with E-state index < -0.39 is 54.5 Å². The Morgan fingerprint density at radius 3 is 1.78 bits per heavy atom. The summed E-state index contributed by atoms with van der Waals surface area (Å²) >= 11 is 0. The fourth-order valence-corrected chi connectivity index (χ4v) is 5.18. The van der Waals surface area contributed by atoms with Crippen molar-refractivity contribution < 1.29 is 29.4 Å². The Hall–Kier alpha value is -5.47. The lowest BCUT2D eigenvalue weighted by molar-refractivity contribution is -0.142. The third kappa shape index (κ3) is 7.37. The molecular weight excluding hydrogens is 580 g/mol. The lowest BCUT2D eigenvalue weighted by Crippen LogP contribution is -2.58. The predicted octanol–water partition coefficient (Wildman–Crippen LogP) is 0.259. The van der Waals surface area contributed by atoms with Crippen LogP contribution in [0.3, 0.4) is 0 Å². The molecule has 2 aromatic carbocycles. The number of fused-ring (bicyclic) bond motifs is 2. The lowest BCUT2D eigenvalue weighted by atomic mass is 10.0. The van der Waals surface area contributed by atoms with E-state index in [4.69, 9.17) is 5.73 Å². The first-order valence-electron chi connectivity index (χ1n) is 14.3. The van der Waals surface area contributed by atoms with Crippen LogP contribution in [0.25, 0.3) is 21.8 Å². The van der Waals surface area contributed by atoms with Gasteiger partial charge in [-0.3, -0.25) is 14.4 Å². The molecule has 5 rings (SSSR count). The highest BCUT2D eigenvalue weighted by Gasteiger charge is 2.31. The van der Waals surface area contributed by atoms with Crippen LogP contribution in [0.4, 0.5) is 0 Å². The zero-order valence-electron chi connectivity index (χ0n) is 24.1. The highest BCUT2D eigenvalue weighted by molar-refractivity contribution is 5.95. The molecule has 0 bridgehead atoms. The summed E-state index contributed by atoms with van der Waals surface area (Å²) in [6, 6.07) is 9.86. The number of aliphatic carboxylic acids is 1. The van der Waals surface area contributed by atoms with Crippen molar-refractivity contribution in [3.63, 3.8) is 0 Å². The third-order valence-electron chi connectivity index (χ3n) is 7.59. The quantitative estimate of drug-likeness (QED) is 0.0840. The number of amides is 3. The van der Waals surface area contributed by atoms with Crippen molar-refractivity contribution >= 4 is 45.5 Å². The van der Waals surface area contributed by atoms with Gasteiger partial charge in [0.05, 0.1) is 12.9 Å². The average Bonchev–Trinajstić information content (AvgIpc) is 3.80. The number of carboxylic acids is 1. The van der Waals surface area contributed by atoms with Crippen LogP contribution in [0.5, 0.6) is 0 Å². The second kappa shape index (κ2) is 13.9. The molecule has 0 saturated heterocycles.